The molecule has 1 amide bonds. The van der Waals surface area contributed by atoms with Crippen molar-refractivity contribution in [2.75, 3.05) is 18.6 Å². The smallest absolute Gasteiger partial charge is 0.228 e. The van der Waals surface area contributed by atoms with E-state index >= 15 is 0 Å². The number of carbonyl (C=O) groups is 1. The van der Waals surface area contributed by atoms with Gasteiger partial charge in [-0.2, -0.15) is 0 Å². The van der Waals surface area contributed by atoms with Crippen molar-refractivity contribution in [3.05, 3.63) is 24.0 Å². The molecule has 1 saturated heterocycles. The Morgan fingerprint density at radius 1 is 1.59 bits per heavy atom. The van der Waals surface area contributed by atoms with Crippen LogP contribution in [0, 0.1) is 24.1 Å². The Hall–Kier alpha value is -2.02. The Morgan fingerprint density at radius 3 is 2.94 bits per heavy atom. The number of anilines is 1. The van der Waals surface area contributed by atoms with Gasteiger partial charge in [0.25, 0.3) is 0 Å². The van der Waals surface area contributed by atoms with Gasteiger partial charge in [-0.3, -0.25) is 4.79 Å². The first-order valence-electron chi connectivity index (χ1n) is 5.25. The molecular formula is C13H12FNO2. The maximum absolute atomic E-state index is 13.2. The van der Waals surface area contributed by atoms with E-state index in [0.717, 1.165) is 0 Å². The molecule has 3 nitrogen and oxygen atoms in total. The molecule has 1 heterocycles. The number of halogens is 1. The van der Waals surface area contributed by atoms with Crippen LogP contribution in [0.2, 0.25) is 0 Å². The van der Waals surface area contributed by atoms with Gasteiger partial charge in [0.1, 0.15) is 0 Å². The third-order valence-electron chi connectivity index (χ3n) is 2.81. The van der Waals surface area contributed by atoms with Crippen LogP contribution >= 0.6 is 0 Å². The average molecular weight is 233 g/mol. The monoisotopic (exact) mass is 233 g/mol. The highest BCUT2D eigenvalue weighted by Crippen LogP contribution is 2.29. The molecule has 2 rings (SSSR count). The van der Waals surface area contributed by atoms with Crippen LogP contribution in [0.25, 0.3) is 0 Å². The van der Waals surface area contributed by atoms with Crippen LogP contribution in [-0.2, 0) is 4.79 Å². The van der Waals surface area contributed by atoms with Gasteiger partial charge >= 0.3 is 0 Å². The zero-order valence-corrected chi connectivity index (χ0v) is 9.44. The molecule has 0 aliphatic carbocycles. The van der Waals surface area contributed by atoms with Gasteiger partial charge in [-0.15, -0.1) is 12.3 Å². The molecule has 1 atom stereocenters. The Kier molecular flexibility index (Phi) is 3.01. The quantitative estimate of drug-likeness (QED) is 0.729. The van der Waals surface area contributed by atoms with E-state index in [-0.39, 0.29) is 17.6 Å². The van der Waals surface area contributed by atoms with E-state index in [2.05, 4.69) is 5.92 Å². The van der Waals surface area contributed by atoms with E-state index in [1.165, 1.54) is 19.2 Å². The van der Waals surface area contributed by atoms with Crippen LogP contribution in [-0.4, -0.2) is 19.6 Å². The van der Waals surface area contributed by atoms with Crippen molar-refractivity contribution in [1.29, 1.82) is 0 Å². The number of amides is 1. The van der Waals surface area contributed by atoms with Crippen LogP contribution in [0.3, 0.4) is 0 Å². The van der Waals surface area contributed by atoms with Gasteiger partial charge in [0, 0.05) is 30.6 Å². The summed E-state index contributed by atoms with van der Waals surface area (Å²) >= 11 is 0. The lowest BCUT2D eigenvalue weighted by Gasteiger charge is -2.16. The van der Waals surface area contributed by atoms with E-state index in [0.29, 0.717) is 18.7 Å². The SMILES string of the molecule is C#CC1CC(=O)N(c2ccc(F)c(OC)c2)C1. The zero-order valence-electron chi connectivity index (χ0n) is 9.44. The van der Waals surface area contributed by atoms with E-state index in [4.69, 9.17) is 11.2 Å². The molecule has 1 aliphatic rings. The lowest BCUT2D eigenvalue weighted by molar-refractivity contribution is -0.117. The minimum absolute atomic E-state index is 0.0402. The van der Waals surface area contributed by atoms with Crippen molar-refractivity contribution in [3.8, 4) is 18.1 Å². The summed E-state index contributed by atoms with van der Waals surface area (Å²) in [6.07, 6.45) is 5.65. The maximum Gasteiger partial charge on any atom is 0.228 e. The zero-order chi connectivity index (χ0) is 12.4. The second-order valence-corrected chi connectivity index (χ2v) is 3.89. The number of terminal acetylenes is 1. The first-order valence-corrected chi connectivity index (χ1v) is 5.25. The summed E-state index contributed by atoms with van der Waals surface area (Å²) in [5.41, 5.74) is 0.617. The van der Waals surface area contributed by atoms with Crippen LogP contribution in [0.5, 0.6) is 5.75 Å². The number of methoxy groups -OCH3 is 1. The van der Waals surface area contributed by atoms with Crippen molar-refractivity contribution < 1.29 is 13.9 Å². The molecule has 0 aromatic heterocycles. The summed E-state index contributed by atoms with van der Waals surface area (Å²) in [6.45, 7) is 0.476. The molecule has 1 aromatic carbocycles. The summed E-state index contributed by atoms with van der Waals surface area (Å²) in [4.78, 5) is 13.3. The van der Waals surface area contributed by atoms with Crippen molar-refractivity contribution in [1.82, 2.24) is 0 Å². The molecule has 1 aliphatic heterocycles. The van der Waals surface area contributed by atoms with E-state index in [9.17, 15) is 9.18 Å². The lowest BCUT2D eigenvalue weighted by Crippen LogP contribution is -2.24. The highest BCUT2D eigenvalue weighted by atomic mass is 19.1. The third kappa shape index (κ3) is 2.09. The Labute approximate surface area is 99.2 Å². The number of ether oxygens (including phenoxy) is 1. The Balaban J connectivity index is 2.29. The molecule has 17 heavy (non-hydrogen) atoms. The number of carbonyl (C=O) groups excluding carboxylic acids is 1. The summed E-state index contributed by atoms with van der Waals surface area (Å²) in [6, 6.07) is 4.34. The van der Waals surface area contributed by atoms with Crippen LogP contribution in [0.4, 0.5) is 10.1 Å². The topological polar surface area (TPSA) is 29.5 Å². The third-order valence-corrected chi connectivity index (χ3v) is 2.81. The number of hydrogen-bond acceptors (Lipinski definition) is 2. The molecule has 1 unspecified atom stereocenters. The first-order chi connectivity index (χ1) is 8.15. The van der Waals surface area contributed by atoms with Gasteiger partial charge in [-0.05, 0) is 12.1 Å². The number of benzene rings is 1. The predicted molar refractivity (Wildman–Crippen MR) is 62.2 cm³/mol. The molecule has 0 bridgehead atoms. The Morgan fingerprint density at radius 2 is 2.35 bits per heavy atom. The number of rotatable bonds is 2. The molecule has 0 spiro atoms. The summed E-state index contributed by atoms with van der Waals surface area (Å²) in [7, 11) is 1.39. The van der Waals surface area contributed by atoms with Crippen LogP contribution < -0.4 is 9.64 Å². The fourth-order valence-corrected chi connectivity index (χ4v) is 1.89. The Bertz CT molecular complexity index is 493. The van der Waals surface area contributed by atoms with Gasteiger partial charge in [-0.25, -0.2) is 4.39 Å². The van der Waals surface area contributed by atoms with Gasteiger partial charge in [0.05, 0.1) is 7.11 Å². The normalized spacial score (nSPS) is 19.2. The van der Waals surface area contributed by atoms with Crippen LogP contribution in [0.15, 0.2) is 18.2 Å². The molecule has 88 valence electrons. The molecule has 0 radical (unpaired) electrons. The van der Waals surface area contributed by atoms with Crippen molar-refractivity contribution in [2.45, 2.75) is 6.42 Å². The van der Waals surface area contributed by atoms with E-state index in [1.54, 1.807) is 11.0 Å². The molecule has 1 aromatic rings. The summed E-state index contributed by atoms with van der Waals surface area (Å²) in [5.74, 6) is 2.13. The van der Waals surface area contributed by atoms with Crippen molar-refractivity contribution in [3.63, 3.8) is 0 Å². The van der Waals surface area contributed by atoms with Crippen molar-refractivity contribution in [2.24, 2.45) is 5.92 Å². The van der Waals surface area contributed by atoms with Gasteiger partial charge < -0.3 is 9.64 Å². The van der Waals surface area contributed by atoms with E-state index in [1.807, 2.05) is 0 Å². The first kappa shape index (κ1) is 11.5. The van der Waals surface area contributed by atoms with Crippen LogP contribution in [0.1, 0.15) is 6.42 Å². The number of nitrogens with zero attached hydrogens (tertiary/aromatic N) is 1. The highest BCUT2D eigenvalue weighted by molar-refractivity contribution is 5.96. The molecule has 1 fully saturated rings. The molecule has 4 heteroatoms. The highest BCUT2D eigenvalue weighted by Gasteiger charge is 2.29. The summed E-state index contributed by atoms with van der Waals surface area (Å²) < 4.78 is 18.1. The molecule has 0 saturated carbocycles. The van der Waals surface area contributed by atoms with Gasteiger partial charge in [-0.1, -0.05) is 0 Å². The fraction of sp³-hybridized carbons (Fsp3) is 0.308. The minimum atomic E-state index is -0.448. The standard InChI is InChI=1S/C13H12FNO2/c1-3-9-6-13(16)15(8-9)10-4-5-11(14)12(7-10)17-2/h1,4-5,7,9H,6,8H2,2H3. The molecule has 0 N–H and O–H groups in total. The van der Waals surface area contributed by atoms with Gasteiger partial charge in [0.15, 0.2) is 11.6 Å². The maximum atomic E-state index is 13.2. The second kappa shape index (κ2) is 4.46. The predicted octanol–water partition coefficient (Wildman–Crippen LogP) is 1.82. The fourth-order valence-electron chi connectivity index (χ4n) is 1.89. The minimum Gasteiger partial charge on any atom is -0.494 e. The van der Waals surface area contributed by atoms with Crippen molar-refractivity contribution >= 4 is 11.6 Å². The number of hydrogen-bond donors (Lipinski definition) is 0. The second-order valence-electron chi connectivity index (χ2n) is 3.89. The average Bonchev–Trinajstić information content (AvgIpc) is 2.71. The van der Waals surface area contributed by atoms with E-state index < -0.39 is 5.82 Å². The summed E-state index contributed by atoms with van der Waals surface area (Å²) in [5, 5.41) is 0. The largest absolute Gasteiger partial charge is 0.494 e. The lowest BCUT2D eigenvalue weighted by atomic mass is 10.1. The molecular weight excluding hydrogens is 221 g/mol. The van der Waals surface area contributed by atoms with Gasteiger partial charge in [0.2, 0.25) is 5.91 Å².